The Labute approximate surface area is 205 Å². The molecule has 3 aromatic rings. The van der Waals surface area contributed by atoms with E-state index in [0.29, 0.717) is 38.0 Å². The first-order valence-electron chi connectivity index (χ1n) is 11.2. The van der Waals surface area contributed by atoms with E-state index in [4.69, 9.17) is 4.74 Å². The van der Waals surface area contributed by atoms with Gasteiger partial charge < -0.3 is 19.9 Å². The number of aryl methyl sites for hydroxylation is 1. The van der Waals surface area contributed by atoms with Crippen LogP contribution in [-0.4, -0.2) is 62.2 Å². The summed E-state index contributed by atoms with van der Waals surface area (Å²) in [5.74, 6) is -1.11. The molecule has 0 fully saturated rings. The second kappa shape index (κ2) is 12.5. The molecule has 0 saturated carbocycles. The number of ether oxygens (including phenoxy) is 1. The first-order chi connectivity index (χ1) is 17.3. The Kier molecular flexibility index (Phi) is 9.19. The lowest BCUT2D eigenvalue weighted by molar-refractivity contribution is -0.123. The average Bonchev–Trinajstić information content (AvgIpc) is 3.55. The van der Waals surface area contributed by atoms with Crippen molar-refractivity contribution in [3.05, 3.63) is 67.0 Å². The number of imidazole rings is 1. The van der Waals surface area contributed by atoms with Crippen molar-refractivity contribution in [2.75, 3.05) is 19.7 Å². The van der Waals surface area contributed by atoms with E-state index in [0.717, 1.165) is 0 Å². The van der Waals surface area contributed by atoms with Crippen LogP contribution in [0.1, 0.15) is 40.1 Å². The van der Waals surface area contributed by atoms with Crippen LogP contribution in [0.5, 0.6) is 5.75 Å². The van der Waals surface area contributed by atoms with Gasteiger partial charge in [0.2, 0.25) is 0 Å². The second-order valence-corrected chi connectivity index (χ2v) is 7.72. The molecule has 3 rings (SSSR count). The summed E-state index contributed by atoms with van der Waals surface area (Å²) in [5.41, 5.74) is 0.424. The van der Waals surface area contributed by atoms with Crippen molar-refractivity contribution in [2.24, 2.45) is 0 Å². The number of rotatable bonds is 13. The molecule has 36 heavy (non-hydrogen) atoms. The molecule has 0 saturated heterocycles. The summed E-state index contributed by atoms with van der Waals surface area (Å²) < 4.78 is 46.4. The fraction of sp³-hybridized carbons (Fsp3) is 0.348. The van der Waals surface area contributed by atoms with Crippen molar-refractivity contribution in [2.45, 2.75) is 32.0 Å². The molecular weight excluding hydrogens is 479 g/mol. The molecule has 10 nitrogen and oxygen atoms in total. The highest BCUT2D eigenvalue weighted by molar-refractivity contribution is 5.95. The van der Waals surface area contributed by atoms with Crippen molar-refractivity contribution < 1.29 is 27.5 Å². The monoisotopic (exact) mass is 505 g/mol. The van der Waals surface area contributed by atoms with E-state index >= 15 is 0 Å². The topological polar surface area (TPSA) is 116 Å². The zero-order valence-electron chi connectivity index (χ0n) is 19.4. The number of carbonyl (C=O) groups excluding carboxylic acids is 2. The summed E-state index contributed by atoms with van der Waals surface area (Å²) in [7, 11) is 0. The number of aromatic nitrogens is 5. The van der Waals surface area contributed by atoms with E-state index < -0.39 is 24.5 Å². The molecule has 13 heteroatoms. The van der Waals surface area contributed by atoms with E-state index in [1.54, 1.807) is 18.6 Å². The van der Waals surface area contributed by atoms with E-state index in [9.17, 15) is 22.8 Å². The Morgan fingerprint density at radius 2 is 2.00 bits per heavy atom. The lowest BCUT2D eigenvalue weighted by Gasteiger charge is -2.13. The molecule has 192 valence electrons. The van der Waals surface area contributed by atoms with Crippen LogP contribution in [-0.2, 0) is 6.54 Å². The van der Waals surface area contributed by atoms with E-state index in [1.165, 1.54) is 29.1 Å². The van der Waals surface area contributed by atoms with Crippen LogP contribution < -0.4 is 15.4 Å². The number of benzene rings is 1. The summed E-state index contributed by atoms with van der Waals surface area (Å²) in [4.78, 5) is 28.6. The summed E-state index contributed by atoms with van der Waals surface area (Å²) >= 11 is 0. The Morgan fingerprint density at radius 3 is 2.72 bits per heavy atom. The first kappa shape index (κ1) is 26.4. The van der Waals surface area contributed by atoms with Crippen molar-refractivity contribution in [1.29, 1.82) is 0 Å². The molecular formula is C23H26F3N7O3. The summed E-state index contributed by atoms with van der Waals surface area (Å²) in [5, 5.41) is 12.5. The molecule has 0 unspecified atom stereocenters. The van der Waals surface area contributed by atoms with Crippen LogP contribution in [0.4, 0.5) is 13.2 Å². The van der Waals surface area contributed by atoms with Gasteiger partial charge in [0.05, 0.1) is 19.1 Å². The van der Waals surface area contributed by atoms with Crippen molar-refractivity contribution in [3.63, 3.8) is 0 Å². The highest BCUT2D eigenvalue weighted by Gasteiger charge is 2.28. The van der Waals surface area contributed by atoms with Gasteiger partial charge in [0.1, 0.15) is 18.0 Å². The van der Waals surface area contributed by atoms with E-state index in [2.05, 4.69) is 27.2 Å². The largest absolute Gasteiger partial charge is 0.491 e. The maximum atomic E-state index is 12.5. The predicted octanol–water partition coefficient (Wildman–Crippen LogP) is 2.92. The maximum Gasteiger partial charge on any atom is 0.405 e. The number of carbonyl (C=O) groups is 2. The standard InChI is InChI=1S/C23H26F3N7O3/c1-2-3-4-12-36-20-13-17(21(34)29-15-23(24,25)26)6-7-19(20)33-14-18(30-31-33)22(35)28-8-5-10-32-11-9-27-16-32/h2,6-7,9,11,13-14,16H,1,3-5,8,10,12,15H2,(H,28,35)(H,29,34). The van der Waals surface area contributed by atoms with Gasteiger partial charge in [-0.3, -0.25) is 9.59 Å². The quantitative estimate of drug-likeness (QED) is 0.273. The summed E-state index contributed by atoms with van der Waals surface area (Å²) in [6.07, 6.45) is 5.81. The molecule has 2 aromatic heterocycles. The minimum absolute atomic E-state index is 0.0160. The summed E-state index contributed by atoms with van der Waals surface area (Å²) in [6.45, 7) is 3.58. The van der Waals surface area contributed by atoms with Gasteiger partial charge in [-0.25, -0.2) is 9.67 Å². The fourth-order valence-electron chi connectivity index (χ4n) is 3.11. The molecule has 2 amide bonds. The molecule has 0 spiro atoms. The molecule has 0 atom stereocenters. The van der Waals surface area contributed by atoms with Gasteiger partial charge in [-0.2, -0.15) is 13.2 Å². The van der Waals surface area contributed by atoms with Gasteiger partial charge in [0.15, 0.2) is 5.69 Å². The molecule has 0 bridgehead atoms. The third-order valence-electron chi connectivity index (χ3n) is 4.89. The normalized spacial score (nSPS) is 11.2. The minimum Gasteiger partial charge on any atom is -0.491 e. The van der Waals surface area contributed by atoms with Gasteiger partial charge in [-0.05, 0) is 37.5 Å². The first-order valence-corrected chi connectivity index (χ1v) is 11.2. The molecule has 2 N–H and O–H groups in total. The number of alkyl halides is 3. The number of nitrogens with one attached hydrogen (secondary N) is 2. The maximum absolute atomic E-state index is 12.5. The highest BCUT2D eigenvalue weighted by Crippen LogP contribution is 2.25. The van der Waals surface area contributed by atoms with Gasteiger partial charge in [-0.15, -0.1) is 11.7 Å². The average molecular weight is 506 g/mol. The van der Waals surface area contributed by atoms with Crippen LogP contribution in [0.3, 0.4) is 0 Å². The minimum atomic E-state index is -4.53. The Hall–Kier alpha value is -4.16. The number of unbranched alkanes of at least 4 members (excludes halogenated alkanes) is 1. The van der Waals surface area contributed by atoms with Crippen LogP contribution >= 0.6 is 0 Å². The second-order valence-electron chi connectivity index (χ2n) is 7.72. The van der Waals surface area contributed by atoms with E-state index in [-0.39, 0.29) is 23.6 Å². The van der Waals surface area contributed by atoms with Gasteiger partial charge >= 0.3 is 6.18 Å². The number of amides is 2. The van der Waals surface area contributed by atoms with Crippen molar-refractivity contribution >= 4 is 11.8 Å². The van der Waals surface area contributed by atoms with Crippen LogP contribution in [0.25, 0.3) is 5.69 Å². The Bertz CT molecular complexity index is 1160. The third kappa shape index (κ3) is 7.96. The van der Waals surface area contributed by atoms with Crippen LogP contribution in [0.2, 0.25) is 0 Å². The Balaban J connectivity index is 1.69. The zero-order valence-corrected chi connectivity index (χ0v) is 19.4. The molecule has 2 heterocycles. The Morgan fingerprint density at radius 1 is 1.17 bits per heavy atom. The molecule has 0 radical (unpaired) electrons. The number of allylic oxidation sites excluding steroid dienone is 1. The van der Waals surface area contributed by atoms with E-state index in [1.807, 2.05) is 16.1 Å². The highest BCUT2D eigenvalue weighted by atomic mass is 19.4. The number of halogens is 3. The number of hydrogen-bond donors (Lipinski definition) is 2. The third-order valence-corrected chi connectivity index (χ3v) is 4.89. The van der Waals surface area contributed by atoms with Crippen molar-refractivity contribution in [1.82, 2.24) is 35.2 Å². The molecule has 1 aromatic carbocycles. The zero-order chi connectivity index (χ0) is 26.0. The van der Waals surface area contributed by atoms with Gasteiger partial charge in [0.25, 0.3) is 11.8 Å². The van der Waals surface area contributed by atoms with Crippen LogP contribution in [0, 0.1) is 0 Å². The van der Waals surface area contributed by atoms with Crippen molar-refractivity contribution in [3.8, 4) is 11.4 Å². The molecule has 0 aliphatic rings. The predicted molar refractivity (Wildman–Crippen MR) is 124 cm³/mol. The fourth-order valence-corrected chi connectivity index (χ4v) is 3.11. The molecule has 0 aliphatic carbocycles. The van der Waals surface area contributed by atoms with Crippen LogP contribution in [0.15, 0.2) is 55.8 Å². The lowest BCUT2D eigenvalue weighted by Crippen LogP contribution is -2.33. The number of hydrogen-bond acceptors (Lipinski definition) is 6. The molecule has 0 aliphatic heterocycles. The van der Waals surface area contributed by atoms with Gasteiger partial charge in [-0.1, -0.05) is 11.3 Å². The smallest absolute Gasteiger partial charge is 0.405 e. The van der Waals surface area contributed by atoms with Gasteiger partial charge in [0, 0.05) is 31.0 Å². The lowest BCUT2D eigenvalue weighted by atomic mass is 10.1. The SMILES string of the molecule is C=CCCCOc1cc(C(=O)NCC(F)(F)F)ccc1-n1cc(C(=O)NCCCn2ccnc2)nn1. The number of nitrogens with zero attached hydrogens (tertiary/aromatic N) is 5. The summed E-state index contributed by atoms with van der Waals surface area (Å²) in [6, 6.07) is 4.13.